The van der Waals surface area contributed by atoms with Gasteiger partial charge in [-0.15, -0.1) is 22.7 Å². The van der Waals surface area contributed by atoms with E-state index in [1.165, 1.54) is 11.3 Å². The summed E-state index contributed by atoms with van der Waals surface area (Å²) in [4.78, 5) is 24.8. The third-order valence-corrected chi connectivity index (χ3v) is 8.29. The predicted molar refractivity (Wildman–Crippen MR) is 92.7 cm³/mol. The van der Waals surface area contributed by atoms with Gasteiger partial charge in [-0.1, -0.05) is 11.6 Å². The Morgan fingerprint density at radius 3 is 2.39 bits per heavy atom. The van der Waals surface area contributed by atoms with Crippen molar-refractivity contribution >= 4 is 55.6 Å². The monoisotopic (exact) mass is 369 g/mol. The van der Waals surface area contributed by atoms with Crippen LogP contribution in [0.4, 0.5) is 0 Å². The SMILES string of the molecule is O=C(NC12CCC(C(=O)O)(CC1)CC2)c1sc2sccc2c1Cl. The smallest absolute Gasteiger partial charge is 0.309 e. The lowest BCUT2D eigenvalue weighted by Crippen LogP contribution is -2.58. The molecule has 0 spiro atoms. The van der Waals surface area contributed by atoms with Gasteiger partial charge in [0.15, 0.2) is 0 Å². The van der Waals surface area contributed by atoms with E-state index in [2.05, 4.69) is 5.32 Å². The van der Waals surface area contributed by atoms with E-state index in [0.29, 0.717) is 29.2 Å². The van der Waals surface area contributed by atoms with Crippen molar-refractivity contribution in [2.45, 2.75) is 44.1 Å². The molecule has 3 aliphatic rings. The zero-order valence-corrected chi connectivity index (χ0v) is 14.7. The third-order valence-electron chi connectivity index (χ3n) is 5.55. The number of hydrogen-bond acceptors (Lipinski definition) is 4. The van der Waals surface area contributed by atoms with Gasteiger partial charge in [0.05, 0.1) is 14.5 Å². The largest absolute Gasteiger partial charge is 0.481 e. The van der Waals surface area contributed by atoms with Crippen LogP contribution in [0.25, 0.3) is 9.40 Å². The van der Waals surface area contributed by atoms with Crippen LogP contribution in [0.3, 0.4) is 0 Å². The Kier molecular flexibility index (Phi) is 3.48. The van der Waals surface area contributed by atoms with Crippen LogP contribution >= 0.6 is 34.3 Å². The Balaban J connectivity index is 1.55. The number of hydrogen-bond donors (Lipinski definition) is 2. The van der Waals surface area contributed by atoms with E-state index in [9.17, 15) is 14.7 Å². The molecule has 2 N–H and O–H groups in total. The van der Waals surface area contributed by atoms with Crippen LogP contribution in [0.15, 0.2) is 11.4 Å². The topological polar surface area (TPSA) is 66.4 Å². The first-order valence-corrected chi connectivity index (χ1v) is 9.74. The molecule has 7 heteroatoms. The lowest BCUT2D eigenvalue weighted by Gasteiger charge is -2.51. The molecule has 0 aromatic carbocycles. The van der Waals surface area contributed by atoms with Gasteiger partial charge in [-0.2, -0.15) is 0 Å². The Morgan fingerprint density at radius 2 is 1.83 bits per heavy atom. The minimum atomic E-state index is -0.682. The number of carboxylic acid groups (broad SMARTS) is 1. The number of carbonyl (C=O) groups is 2. The van der Waals surface area contributed by atoms with Crippen LogP contribution in [0, 0.1) is 5.41 Å². The maximum atomic E-state index is 12.7. The second-order valence-electron chi connectivity index (χ2n) is 6.69. The fraction of sp³-hybridized carbons (Fsp3) is 0.500. The number of amides is 1. The average Bonchev–Trinajstić information content (AvgIpc) is 3.12. The number of halogens is 1. The maximum Gasteiger partial charge on any atom is 0.309 e. The maximum absolute atomic E-state index is 12.7. The summed E-state index contributed by atoms with van der Waals surface area (Å²) in [5, 5.41) is 16.1. The summed E-state index contributed by atoms with van der Waals surface area (Å²) < 4.78 is 1.06. The summed E-state index contributed by atoms with van der Waals surface area (Å²) >= 11 is 9.38. The van der Waals surface area contributed by atoms with Crippen LogP contribution in [-0.4, -0.2) is 22.5 Å². The Bertz CT molecular complexity index is 785. The van der Waals surface area contributed by atoms with Crippen molar-refractivity contribution in [2.24, 2.45) is 5.41 Å². The molecule has 3 fully saturated rings. The van der Waals surface area contributed by atoms with Gasteiger partial charge >= 0.3 is 5.97 Å². The Labute approximate surface area is 146 Å². The highest BCUT2D eigenvalue weighted by molar-refractivity contribution is 7.38. The second-order valence-corrected chi connectivity index (χ2v) is 9.26. The van der Waals surface area contributed by atoms with E-state index in [1.54, 1.807) is 11.3 Å². The third kappa shape index (κ3) is 2.30. The van der Waals surface area contributed by atoms with Crippen molar-refractivity contribution in [1.29, 1.82) is 0 Å². The zero-order chi connectivity index (χ0) is 16.2. The van der Waals surface area contributed by atoms with Crippen molar-refractivity contribution in [3.63, 3.8) is 0 Å². The highest BCUT2D eigenvalue weighted by Gasteiger charge is 2.53. The van der Waals surface area contributed by atoms with Crippen molar-refractivity contribution in [3.8, 4) is 0 Å². The molecule has 2 heterocycles. The summed E-state index contributed by atoms with van der Waals surface area (Å²) in [5.41, 5.74) is -0.815. The van der Waals surface area contributed by atoms with Crippen LogP contribution in [-0.2, 0) is 4.79 Å². The summed E-state index contributed by atoms with van der Waals surface area (Å²) in [6, 6.07) is 1.94. The number of carbonyl (C=O) groups excluding carboxylic acids is 1. The Morgan fingerprint density at radius 1 is 1.17 bits per heavy atom. The van der Waals surface area contributed by atoms with Gasteiger partial charge in [0.25, 0.3) is 5.91 Å². The number of rotatable bonds is 3. The van der Waals surface area contributed by atoms with E-state index < -0.39 is 11.4 Å². The van der Waals surface area contributed by atoms with E-state index >= 15 is 0 Å². The molecule has 1 amide bonds. The highest BCUT2D eigenvalue weighted by Crippen LogP contribution is 2.52. The molecule has 122 valence electrons. The normalized spacial score (nSPS) is 29.8. The first-order chi connectivity index (χ1) is 10.9. The minimum Gasteiger partial charge on any atom is -0.481 e. The van der Waals surface area contributed by atoms with Gasteiger partial charge in [0.2, 0.25) is 0 Å². The summed E-state index contributed by atoms with van der Waals surface area (Å²) in [6.45, 7) is 0. The summed E-state index contributed by atoms with van der Waals surface area (Å²) in [5.74, 6) is -0.799. The molecular weight excluding hydrogens is 354 g/mol. The van der Waals surface area contributed by atoms with Crippen molar-refractivity contribution in [3.05, 3.63) is 21.3 Å². The van der Waals surface area contributed by atoms with Crippen molar-refractivity contribution in [2.75, 3.05) is 0 Å². The molecule has 23 heavy (non-hydrogen) atoms. The van der Waals surface area contributed by atoms with E-state index in [-0.39, 0.29) is 11.4 Å². The molecule has 2 aromatic rings. The molecule has 0 aliphatic heterocycles. The van der Waals surface area contributed by atoms with Crippen LogP contribution in [0.2, 0.25) is 5.02 Å². The van der Waals surface area contributed by atoms with Gasteiger partial charge < -0.3 is 10.4 Å². The molecule has 4 nitrogen and oxygen atoms in total. The molecule has 2 aromatic heterocycles. The quantitative estimate of drug-likeness (QED) is 0.835. The van der Waals surface area contributed by atoms with Gasteiger partial charge in [0, 0.05) is 10.9 Å². The first-order valence-electron chi connectivity index (χ1n) is 7.66. The van der Waals surface area contributed by atoms with Crippen molar-refractivity contribution in [1.82, 2.24) is 5.32 Å². The van der Waals surface area contributed by atoms with Gasteiger partial charge in [-0.05, 0) is 50.0 Å². The molecule has 0 saturated heterocycles. The first kappa shape index (κ1) is 15.4. The second kappa shape index (κ2) is 5.19. The molecule has 3 saturated carbocycles. The van der Waals surface area contributed by atoms with Gasteiger partial charge in [-0.3, -0.25) is 9.59 Å². The zero-order valence-electron chi connectivity index (χ0n) is 12.4. The molecular formula is C16H16ClNO3S2. The molecule has 2 bridgehead atoms. The van der Waals surface area contributed by atoms with E-state index in [4.69, 9.17) is 11.6 Å². The fourth-order valence-corrected chi connectivity index (χ4v) is 6.45. The molecule has 0 atom stereocenters. The van der Waals surface area contributed by atoms with E-state index in [0.717, 1.165) is 28.7 Å². The lowest BCUT2D eigenvalue weighted by molar-refractivity contribution is -0.156. The lowest BCUT2D eigenvalue weighted by atomic mass is 9.57. The summed E-state index contributed by atoms with van der Waals surface area (Å²) in [7, 11) is 0. The number of nitrogens with one attached hydrogen (secondary N) is 1. The molecule has 5 rings (SSSR count). The molecule has 0 unspecified atom stereocenters. The van der Waals surface area contributed by atoms with E-state index in [1.807, 2.05) is 11.4 Å². The van der Waals surface area contributed by atoms with Crippen LogP contribution < -0.4 is 5.32 Å². The molecule has 3 aliphatic carbocycles. The average molecular weight is 370 g/mol. The molecule has 0 radical (unpaired) electrons. The van der Waals surface area contributed by atoms with Gasteiger partial charge in [0.1, 0.15) is 4.88 Å². The summed E-state index contributed by atoms with van der Waals surface area (Å²) in [6.07, 6.45) is 4.16. The highest BCUT2D eigenvalue weighted by atomic mass is 35.5. The number of aliphatic carboxylic acids is 1. The number of thiophene rings is 2. The predicted octanol–water partition coefficient (Wildman–Crippen LogP) is 4.52. The standard InChI is InChI=1S/C16H16ClNO3S2/c17-10-9-1-8-22-13(9)23-11(10)12(19)18-16-5-2-15(3-6-16,4-7-16)14(20)21/h1,8H,2-7H2,(H,18,19)(H,20,21). The van der Waals surface area contributed by atoms with Gasteiger partial charge in [-0.25, -0.2) is 0 Å². The van der Waals surface area contributed by atoms with Crippen LogP contribution in [0.1, 0.15) is 48.2 Å². The Hall–Kier alpha value is -1.11. The minimum absolute atomic E-state index is 0.117. The van der Waals surface area contributed by atoms with Crippen LogP contribution in [0.5, 0.6) is 0 Å². The number of carboxylic acids is 1. The van der Waals surface area contributed by atoms with Crippen molar-refractivity contribution < 1.29 is 14.7 Å². The fourth-order valence-electron chi connectivity index (χ4n) is 3.93. The number of fused-ring (bicyclic) bond motifs is 4.